The number of aliphatic imine (C=N–C) groups is 1. The van der Waals surface area contributed by atoms with Gasteiger partial charge in [-0.25, -0.2) is 10.0 Å². The molecule has 2 heterocycles. The summed E-state index contributed by atoms with van der Waals surface area (Å²) in [4.78, 5) is 17.2. The van der Waals surface area contributed by atoms with Crippen LogP contribution in [0.3, 0.4) is 0 Å². The van der Waals surface area contributed by atoms with E-state index in [0.29, 0.717) is 11.8 Å². The number of fused-ring (bicyclic) bond motifs is 3. The lowest BCUT2D eigenvalue weighted by molar-refractivity contribution is -0.119. The molecule has 4 rings (SSSR count). The molecule has 1 fully saturated rings. The lowest BCUT2D eigenvalue weighted by Gasteiger charge is -2.29. The van der Waals surface area contributed by atoms with Gasteiger partial charge in [0.05, 0.1) is 17.5 Å². The highest BCUT2D eigenvalue weighted by Crippen LogP contribution is 2.40. The van der Waals surface area contributed by atoms with Crippen LogP contribution in [0.15, 0.2) is 34.4 Å². The fourth-order valence-electron chi connectivity index (χ4n) is 3.98. The topological polar surface area (TPSA) is 57.1 Å². The van der Waals surface area contributed by atoms with Crippen molar-refractivity contribution in [3.05, 3.63) is 29.8 Å². The number of benzene rings is 1. The summed E-state index contributed by atoms with van der Waals surface area (Å²) in [6.07, 6.45) is 11.5. The van der Waals surface area contributed by atoms with Crippen LogP contribution >= 0.6 is 11.8 Å². The van der Waals surface area contributed by atoms with Crippen molar-refractivity contribution in [2.75, 3.05) is 5.75 Å². The highest BCUT2D eigenvalue weighted by Gasteiger charge is 2.32. The molecule has 0 radical (unpaired) electrons. The predicted octanol–water partition coefficient (Wildman–Crippen LogP) is 4.38. The van der Waals surface area contributed by atoms with Gasteiger partial charge in [0.1, 0.15) is 0 Å². The van der Waals surface area contributed by atoms with Crippen LogP contribution in [0, 0.1) is 0 Å². The number of carbonyl (C=O) groups is 1. The van der Waals surface area contributed by atoms with Crippen LogP contribution in [0.4, 0.5) is 5.69 Å². The number of hydrogen-bond acceptors (Lipinski definition) is 5. The Morgan fingerprint density at radius 3 is 2.77 bits per heavy atom. The lowest BCUT2D eigenvalue weighted by Crippen LogP contribution is -2.37. The Morgan fingerprint density at radius 2 is 1.92 bits per heavy atom. The SMILES string of the molecule is O=C(CSC1=Nc2ccccc2C2CC=NN12)NC1CCCCCCC1. The molecule has 1 amide bonds. The number of thioether (sulfide) groups is 1. The van der Waals surface area contributed by atoms with Crippen molar-refractivity contribution < 1.29 is 4.79 Å². The zero-order chi connectivity index (χ0) is 17.8. The zero-order valence-corrected chi connectivity index (χ0v) is 15.9. The summed E-state index contributed by atoms with van der Waals surface area (Å²) in [7, 11) is 0. The first-order valence-corrected chi connectivity index (χ1v) is 10.7. The normalized spacial score (nSPS) is 22.8. The van der Waals surface area contributed by atoms with E-state index < -0.39 is 0 Å². The van der Waals surface area contributed by atoms with Crippen molar-refractivity contribution in [3.8, 4) is 0 Å². The van der Waals surface area contributed by atoms with Crippen molar-refractivity contribution >= 4 is 34.7 Å². The van der Waals surface area contributed by atoms with E-state index in [1.807, 2.05) is 29.4 Å². The van der Waals surface area contributed by atoms with Gasteiger partial charge >= 0.3 is 0 Å². The Bertz CT molecular complexity index is 710. The minimum Gasteiger partial charge on any atom is -0.353 e. The average Bonchev–Trinajstić information content (AvgIpc) is 3.12. The largest absolute Gasteiger partial charge is 0.353 e. The van der Waals surface area contributed by atoms with Crippen molar-refractivity contribution in [2.45, 2.75) is 63.5 Å². The van der Waals surface area contributed by atoms with Crippen LogP contribution in [0.1, 0.15) is 63.0 Å². The summed E-state index contributed by atoms with van der Waals surface area (Å²) in [5.74, 6) is 0.512. The molecule has 0 spiro atoms. The van der Waals surface area contributed by atoms with Crippen LogP contribution < -0.4 is 5.32 Å². The van der Waals surface area contributed by atoms with E-state index in [0.717, 1.165) is 30.1 Å². The monoisotopic (exact) mass is 370 g/mol. The van der Waals surface area contributed by atoms with Crippen molar-refractivity contribution in [1.29, 1.82) is 0 Å². The van der Waals surface area contributed by atoms with E-state index in [1.165, 1.54) is 49.4 Å². The molecule has 3 aliphatic rings. The van der Waals surface area contributed by atoms with Gasteiger partial charge in [0.2, 0.25) is 5.91 Å². The summed E-state index contributed by atoms with van der Waals surface area (Å²) in [6, 6.07) is 8.78. The van der Waals surface area contributed by atoms with Crippen molar-refractivity contribution in [3.63, 3.8) is 0 Å². The molecule has 0 bridgehead atoms. The maximum Gasteiger partial charge on any atom is 0.230 e. The van der Waals surface area contributed by atoms with Gasteiger partial charge in [-0.2, -0.15) is 5.10 Å². The molecule has 1 saturated carbocycles. The Hall–Kier alpha value is -1.82. The first-order chi connectivity index (χ1) is 12.8. The second kappa shape index (κ2) is 8.25. The zero-order valence-electron chi connectivity index (χ0n) is 15.1. The van der Waals surface area contributed by atoms with Crippen LogP contribution in [-0.4, -0.2) is 34.1 Å². The van der Waals surface area contributed by atoms with E-state index in [2.05, 4.69) is 16.5 Å². The van der Waals surface area contributed by atoms with E-state index >= 15 is 0 Å². The molecule has 1 N–H and O–H groups in total. The average molecular weight is 371 g/mol. The number of rotatable bonds is 3. The summed E-state index contributed by atoms with van der Waals surface area (Å²) in [5.41, 5.74) is 2.22. The number of amidine groups is 1. The molecular formula is C20H26N4OS. The van der Waals surface area contributed by atoms with E-state index in [9.17, 15) is 4.79 Å². The molecule has 1 aromatic carbocycles. The maximum atomic E-state index is 12.4. The fraction of sp³-hybridized carbons (Fsp3) is 0.550. The van der Waals surface area contributed by atoms with Crippen LogP contribution in [-0.2, 0) is 4.79 Å². The van der Waals surface area contributed by atoms with Gasteiger partial charge < -0.3 is 5.32 Å². The number of nitrogens with zero attached hydrogens (tertiary/aromatic N) is 3. The third-order valence-electron chi connectivity index (χ3n) is 5.34. The minimum absolute atomic E-state index is 0.113. The number of amides is 1. The Balaban J connectivity index is 1.37. The fourth-order valence-corrected chi connectivity index (χ4v) is 4.79. The number of nitrogens with one attached hydrogen (secondary N) is 1. The molecule has 1 atom stereocenters. The molecular weight excluding hydrogens is 344 g/mol. The Kier molecular flexibility index (Phi) is 5.58. The Morgan fingerprint density at radius 1 is 1.15 bits per heavy atom. The number of carbonyl (C=O) groups excluding carboxylic acids is 1. The lowest BCUT2D eigenvalue weighted by atomic mass is 9.97. The molecule has 2 aliphatic heterocycles. The molecule has 0 aromatic heterocycles. The van der Waals surface area contributed by atoms with Crippen LogP contribution in [0.25, 0.3) is 0 Å². The smallest absolute Gasteiger partial charge is 0.230 e. The van der Waals surface area contributed by atoms with E-state index in [1.54, 1.807) is 0 Å². The highest BCUT2D eigenvalue weighted by molar-refractivity contribution is 8.14. The summed E-state index contributed by atoms with van der Waals surface area (Å²) < 4.78 is 0. The summed E-state index contributed by atoms with van der Waals surface area (Å²) in [5, 5.41) is 10.5. The number of hydrazone groups is 1. The van der Waals surface area contributed by atoms with Crippen molar-refractivity contribution in [1.82, 2.24) is 10.3 Å². The third-order valence-corrected chi connectivity index (χ3v) is 6.28. The second-order valence-corrected chi connectivity index (χ2v) is 8.19. The van der Waals surface area contributed by atoms with Gasteiger partial charge in [-0.15, -0.1) is 0 Å². The second-order valence-electron chi connectivity index (χ2n) is 7.25. The maximum absolute atomic E-state index is 12.4. The van der Waals surface area contributed by atoms with Gasteiger partial charge in [0, 0.05) is 24.2 Å². The van der Waals surface area contributed by atoms with Crippen LogP contribution in [0.2, 0.25) is 0 Å². The predicted molar refractivity (Wildman–Crippen MR) is 108 cm³/mol. The molecule has 5 nitrogen and oxygen atoms in total. The quantitative estimate of drug-likeness (QED) is 0.859. The third kappa shape index (κ3) is 3.95. The molecule has 0 saturated heterocycles. The van der Waals surface area contributed by atoms with Gasteiger partial charge in [-0.3, -0.25) is 4.79 Å². The number of hydrogen-bond donors (Lipinski definition) is 1. The summed E-state index contributed by atoms with van der Waals surface area (Å²) in [6.45, 7) is 0. The molecule has 1 unspecified atom stereocenters. The van der Waals surface area contributed by atoms with Crippen molar-refractivity contribution in [2.24, 2.45) is 10.1 Å². The highest BCUT2D eigenvalue weighted by atomic mass is 32.2. The first kappa shape index (κ1) is 17.6. The minimum atomic E-state index is 0.113. The van der Waals surface area contributed by atoms with Gasteiger partial charge in [-0.1, -0.05) is 62.1 Å². The van der Waals surface area contributed by atoms with Gasteiger partial charge in [0.25, 0.3) is 0 Å². The molecule has 1 aromatic rings. The standard InChI is InChI=1S/C20H26N4OS/c25-19(22-15-8-4-2-1-3-5-9-15)14-26-20-23-17-11-7-6-10-16(17)18-12-13-21-24(18)20/h6-7,10-11,13,15,18H,1-5,8-9,12,14H2,(H,22,25). The Labute approximate surface area is 159 Å². The molecule has 6 heteroatoms. The van der Waals surface area contributed by atoms with Gasteiger partial charge in [0.15, 0.2) is 5.17 Å². The molecule has 1 aliphatic carbocycles. The van der Waals surface area contributed by atoms with E-state index in [4.69, 9.17) is 4.99 Å². The first-order valence-electron chi connectivity index (χ1n) is 9.73. The van der Waals surface area contributed by atoms with E-state index in [-0.39, 0.29) is 11.9 Å². The van der Waals surface area contributed by atoms with Gasteiger partial charge in [-0.05, 0) is 18.9 Å². The molecule has 138 valence electrons. The van der Waals surface area contributed by atoms with Crippen LogP contribution in [0.5, 0.6) is 0 Å². The summed E-state index contributed by atoms with van der Waals surface area (Å²) >= 11 is 1.49. The number of para-hydroxylation sites is 1. The molecule has 26 heavy (non-hydrogen) atoms.